The van der Waals surface area contributed by atoms with Crippen LogP contribution in [0.25, 0.3) is 0 Å². The first kappa shape index (κ1) is 11.5. The van der Waals surface area contributed by atoms with E-state index in [1.807, 2.05) is 30.3 Å². The van der Waals surface area contributed by atoms with Crippen molar-refractivity contribution < 1.29 is 4.84 Å². The number of hydrogen-bond donors (Lipinski definition) is 1. The number of rotatable bonds is 7. The second-order valence-electron chi connectivity index (χ2n) is 2.99. The van der Waals surface area contributed by atoms with Crippen LogP contribution >= 0.6 is 0 Å². The molecule has 0 bridgehead atoms. The number of hydrogen-bond acceptors (Lipinski definition) is 3. The summed E-state index contributed by atoms with van der Waals surface area (Å²) in [7, 11) is 0. The van der Waals surface area contributed by atoms with Crippen LogP contribution in [0.1, 0.15) is 5.56 Å². The highest BCUT2D eigenvalue weighted by Crippen LogP contribution is 1.99. The highest BCUT2D eigenvalue weighted by atomic mass is 16.6. The second-order valence-corrected chi connectivity index (χ2v) is 2.99. The first-order chi connectivity index (χ1) is 7.43. The molecule has 0 unspecified atom stereocenters. The average molecular weight is 204 g/mol. The van der Waals surface area contributed by atoms with Gasteiger partial charge in [-0.3, -0.25) is 0 Å². The van der Waals surface area contributed by atoms with Crippen molar-refractivity contribution in [3.8, 4) is 0 Å². The third kappa shape index (κ3) is 5.65. The van der Waals surface area contributed by atoms with Gasteiger partial charge in [-0.1, -0.05) is 41.6 Å². The fraction of sp³-hybridized carbons (Fsp3) is 0.250. The normalized spacial score (nSPS) is 10.4. The minimum atomic E-state index is 0.513. The molecule has 0 fully saturated rings. The van der Waals surface area contributed by atoms with Crippen molar-refractivity contribution in [1.82, 2.24) is 5.32 Å². The SMILES string of the molecule is C=CCNCC=NOCc1ccccc1. The molecule has 3 nitrogen and oxygen atoms in total. The average Bonchev–Trinajstić information content (AvgIpc) is 2.29. The van der Waals surface area contributed by atoms with Gasteiger partial charge in [-0.25, -0.2) is 0 Å². The summed E-state index contributed by atoms with van der Waals surface area (Å²) in [5.41, 5.74) is 1.12. The lowest BCUT2D eigenvalue weighted by Crippen LogP contribution is -2.15. The molecule has 0 aromatic heterocycles. The molecule has 0 aliphatic carbocycles. The Morgan fingerprint density at radius 2 is 2.07 bits per heavy atom. The van der Waals surface area contributed by atoms with Crippen LogP contribution in [0.4, 0.5) is 0 Å². The van der Waals surface area contributed by atoms with Crippen molar-refractivity contribution in [2.75, 3.05) is 13.1 Å². The van der Waals surface area contributed by atoms with Gasteiger partial charge in [0.15, 0.2) is 0 Å². The van der Waals surface area contributed by atoms with Crippen LogP contribution in [0.2, 0.25) is 0 Å². The molecule has 0 aliphatic heterocycles. The van der Waals surface area contributed by atoms with Crippen LogP contribution in [-0.2, 0) is 11.4 Å². The van der Waals surface area contributed by atoms with E-state index in [4.69, 9.17) is 4.84 Å². The maximum Gasteiger partial charge on any atom is 0.142 e. The van der Waals surface area contributed by atoms with Crippen LogP contribution in [0.15, 0.2) is 48.1 Å². The Bertz CT molecular complexity index is 296. The van der Waals surface area contributed by atoms with E-state index in [2.05, 4.69) is 17.1 Å². The third-order valence-electron chi connectivity index (χ3n) is 1.75. The summed E-state index contributed by atoms with van der Waals surface area (Å²) in [6, 6.07) is 9.95. The van der Waals surface area contributed by atoms with Crippen molar-refractivity contribution in [3.05, 3.63) is 48.6 Å². The van der Waals surface area contributed by atoms with Crippen molar-refractivity contribution in [3.63, 3.8) is 0 Å². The molecule has 1 aromatic rings. The molecule has 1 aromatic carbocycles. The Morgan fingerprint density at radius 3 is 2.80 bits per heavy atom. The molecule has 1 N–H and O–H groups in total. The van der Waals surface area contributed by atoms with Gasteiger partial charge >= 0.3 is 0 Å². The smallest absolute Gasteiger partial charge is 0.142 e. The standard InChI is InChI=1S/C12H16N2O/c1-2-8-13-9-10-14-15-11-12-6-4-3-5-7-12/h2-7,10,13H,1,8-9,11H2. The zero-order valence-electron chi connectivity index (χ0n) is 8.73. The molecule has 0 radical (unpaired) electrons. The number of benzene rings is 1. The summed E-state index contributed by atoms with van der Waals surface area (Å²) in [6.07, 6.45) is 3.51. The molecule has 0 amide bonds. The van der Waals surface area contributed by atoms with E-state index in [1.165, 1.54) is 0 Å². The molecule has 0 spiro atoms. The van der Waals surface area contributed by atoms with Crippen LogP contribution in [0.5, 0.6) is 0 Å². The highest BCUT2D eigenvalue weighted by molar-refractivity contribution is 5.58. The van der Waals surface area contributed by atoms with Gasteiger partial charge in [0.05, 0.1) is 6.21 Å². The van der Waals surface area contributed by atoms with Gasteiger partial charge in [-0.05, 0) is 5.56 Å². The van der Waals surface area contributed by atoms with Crippen LogP contribution in [0, 0.1) is 0 Å². The van der Waals surface area contributed by atoms with Crippen molar-refractivity contribution in [2.45, 2.75) is 6.61 Å². The first-order valence-corrected chi connectivity index (χ1v) is 4.93. The van der Waals surface area contributed by atoms with Gasteiger partial charge < -0.3 is 10.2 Å². The Balaban J connectivity index is 2.08. The summed E-state index contributed by atoms with van der Waals surface area (Å²) < 4.78 is 0. The lowest BCUT2D eigenvalue weighted by atomic mass is 10.2. The van der Waals surface area contributed by atoms with E-state index in [0.29, 0.717) is 13.2 Å². The zero-order chi connectivity index (χ0) is 10.8. The van der Waals surface area contributed by atoms with Gasteiger partial charge in [-0.15, -0.1) is 6.58 Å². The lowest BCUT2D eigenvalue weighted by Gasteiger charge is -1.98. The molecule has 0 saturated carbocycles. The molecule has 15 heavy (non-hydrogen) atoms. The Kier molecular flexibility index (Phi) is 5.93. The minimum Gasteiger partial charge on any atom is -0.391 e. The molecule has 0 heterocycles. The minimum absolute atomic E-state index is 0.513. The van der Waals surface area contributed by atoms with E-state index in [9.17, 15) is 0 Å². The quantitative estimate of drug-likeness (QED) is 0.319. The predicted octanol–water partition coefficient (Wildman–Crippen LogP) is 1.96. The van der Waals surface area contributed by atoms with Crippen molar-refractivity contribution >= 4 is 6.21 Å². The fourth-order valence-corrected chi connectivity index (χ4v) is 1.03. The van der Waals surface area contributed by atoms with Crippen molar-refractivity contribution in [2.24, 2.45) is 5.16 Å². The topological polar surface area (TPSA) is 33.6 Å². The number of nitrogens with zero attached hydrogens (tertiary/aromatic N) is 1. The molecule has 0 atom stereocenters. The number of nitrogens with one attached hydrogen (secondary N) is 1. The summed E-state index contributed by atoms with van der Waals surface area (Å²) >= 11 is 0. The van der Waals surface area contributed by atoms with Gasteiger partial charge in [0.25, 0.3) is 0 Å². The van der Waals surface area contributed by atoms with Gasteiger partial charge in [0.2, 0.25) is 0 Å². The summed E-state index contributed by atoms with van der Waals surface area (Å²) in [5, 5.41) is 6.90. The van der Waals surface area contributed by atoms with Gasteiger partial charge in [0, 0.05) is 13.1 Å². The van der Waals surface area contributed by atoms with Gasteiger partial charge in [0.1, 0.15) is 6.61 Å². The van der Waals surface area contributed by atoms with Gasteiger partial charge in [-0.2, -0.15) is 0 Å². The lowest BCUT2D eigenvalue weighted by molar-refractivity contribution is 0.131. The van der Waals surface area contributed by atoms with E-state index < -0.39 is 0 Å². The summed E-state index contributed by atoms with van der Waals surface area (Å²) in [4.78, 5) is 5.10. The molecule has 0 saturated heterocycles. The van der Waals surface area contributed by atoms with E-state index in [0.717, 1.165) is 12.1 Å². The van der Waals surface area contributed by atoms with Crippen LogP contribution in [-0.4, -0.2) is 19.3 Å². The maximum atomic E-state index is 5.10. The Hall–Kier alpha value is -1.61. The van der Waals surface area contributed by atoms with Crippen molar-refractivity contribution in [1.29, 1.82) is 0 Å². The van der Waals surface area contributed by atoms with E-state index >= 15 is 0 Å². The molecular formula is C12H16N2O. The highest BCUT2D eigenvalue weighted by Gasteiger charge is 1.88. The summed E-state index contributed by atoms with van der Waals surface area (Å²) in [6.45, 7) is 5.59. The third-order valence-corrected chi connectivity index (χ3v) is 1.75. The first-order valence-electron chi connectivity index (χ1n) is 4.93. The monoisotopic (exact) mass is 204 g/mol. The van der Waals surface area contributed by atoms with E-state index in [-0.39, 0.29) is 0 Å². The fourth-order valence-electron chi connectivity index (χ4n) is 1.03. The Labute approximate surface area is 90.4 Å². The molecule has 0 aliphatic rings. The molecular weight excluding hydrogens is 188 g/mol. The molecule has 80 valence electrons. The zero-order valence-corrected chi connectivity index (χ0v) is 8.73. The predicted molar refractivity (Wildman–Crippen MR) is 62.8 cm³/mol. The molecule has 1 rings (SSSR count). The van der Waals surface area contributed by atoms with Crippen LogP contribution in [0.3, 0.4) is 0 Å². The number of oxime groups is 1. The van der Waals surface area contributed by atoms with Crippen LogP contribution < -0.4 is 5.32 Å². The largest absolute Gasteiger partial charge is 0.391 e. The molecule has 3 heteroatoms. The Morgan fingerprint density at radius 1 is 1.27 bits per heavy atom. The van der Waals surface area contributed by atoms with E-state index in [1.54, 1.807) is 12.3 Å². The maximum absolute atomic E-state index is 5.10. The summed E-state index contributed by atoms with van der Waals surface area (Å²) in [5.74, 6) is 0. The second kappa shape index (κ2) is 7.76.